The van der Waals surface area contributed by atoms with Crippen molar-refractivity contribution in [1.82, 2.24) is 10.6 Å². The van der Waals surface area contributed by atoms with Gasteiger partial charge in [0, 0.05) is 24.2 Å². The van der Waals surface area contributed by atoms with Crippen LogP contribution in [0.2, 0.25) is 0 Å². The fourth-order valence-electron chi connectivity index (χ4n) is 2.91. The highest BCUT2D eigenvalue weighted by atomic mass is 16.6. The Bertz CT molecular complexity index is 641. The van der Waals surface area contributed by atoms with Crippen LogP contribution in [0.25, 0.3) is 0 Å². The Morgan fingerprint density at radius 3 is 2.62 bits per heavy atom. The van der Waals surface area contributed by atoms with Crippen molar-refractivity contribution in [3.63, 3.8) is 0 Å². The van der Waals surface area contributed by atoms with Crippen LogP contribution in [0, 0.1) is 10.1 Å². The molecule has 1 aliphatic carbocycles. The van der Waals surface area contributed by atoms with Gasteiger partial charge >= 0.3 is 0 Å². The van der Waals surface area contributed by atoms with E-state index in [0.29, 0.717) is 6.54 Å². The van der Waals surface area contributed by atoms with Gasteiger partial charge in [0.25, 0.3) is 11.6 Å². The molecular weight excluding hydrogens is 312 g/mol. The number of nitro benzene ring substituents is 1. The summed E-state index contributed by atoms with van der Waals surface area (Å²) in [7, 11) is 0. The molecule has 8 heteroatoms. The first-order valence-corrected chi connectivity index (χ1v) is 7.94. The SMILES string of the molecule is CC(NC(=O)c1cccc([N+](=O)[O-])c1)C(=O)NC1(CN)CCCC1. The van der Waals surface area contributed by atoms with E-state index in [1.165, 1.54) is 24.3 Å². The van der Waals surface area contributed by atoms with Crippen molar-refractivity contribution in [2.24, 2.45) is 5.73 Å². The quantitative estimate of drug-likeness (QED) is 0.530. The van der Waals surface area contributed by atoms with E-state index >= 15 is 0 Å². The fourth-order valence-corrected chi connectivity index (χ4v) is 2.91. The molecule has 1 fully saturated rings. The van der Waals surface area contributed by atoms with Crippen molar-refractivity contribution in [3.8, 4) is 0 Å². The predicted octanol–water partition coefficient (Wildman–Crippen LogP) is 1.10. The second kappa shape index (κ2) is 7.39. The number of hydrogen-bond donors (Lipinski definition) is 3. The maximum atomic E-state index is 12.3. The largest absolute Gasteiger partial charge is 0.348 e. The number of benzene rings is 1. The summed E-state index contributed by atoms with van der Waals surface area (Å²) in [5, 5.41) is 16.3. The number of nitrogens with zero attached hydrogens (tertiary/aromatic N) is 1. The van der Waals surface area contributed by atoms with Crippen LogP contribution in [0.5, 0.6) is 0 Å². The maximum Gasteiger partial charge on any atom is 0.270 e. The van der Waals surface area contributed by atoms with E-state index < -0.39 is 16.9 Å². The Morgan fingerprint density at radius 1 is 1.38 bits per heavy atom. The fraction of sp³-hybridized carbons (Fsp3) is 0.500. The van der Waals surface area contributed by atoms with E-state index in [4.69, 9.17) is 5.73 Å². The van der Waals surface area contributed by atoms with Crippen molar-refractivity contribution in [1.29, 1.82) is 0 Å². The molecule has 0 aromatic heterocycles. The molecule has 1 aromatic rings. The second-order valence-electron chi connectivity index (χ2n) is 6.18. The number of nitrogens with two attached hydrogens (primary N) is 1. The average Bonchev–Trinajstić information content (AvgIpc) is 3.03. The molecule has 0 spiro atoms. The summed E-state index contributed by atoms with van der Waals surface area (Å²) in [6, 6.07) is 4.61. The predicted molar refractivity (Wildman–Crippen MR) is 88.4 cm³/mol. The lowest BCUT2D eigenvalue weighted by Gasteiger charge is -2.30. The maximum absolute atomic E-state index is 12.3. The molecule has 8 nitrogen and oxygen atoms in total. The summed E-state index contributed by atoms with van der Waals surface area (Å²) in [5.74, 6) is -0.837. The van der Waals surface area contributed by atoms with E-state index in [2.05, 4.69) is 10.6 Å². The van der Waals surface area contributed by atoms with Gasteiger partial charge in [-0.2, -0.15) is 0 Å². The van der Waals surface area contributed by atoms with Crippen molar-refractivity contribution in [3.05, 3.63) is 39.9 Å². The lowest BCUT2D eigenvalue weighted by atomic mass is 9.97. The van der Waals surface area contributed by atoms with Crippen LogP contribution in [0.4, 0.5) is 5.69 Å². The Hall–Kier alpha value is -2.48. The average molecular weight is 334 g/mol. The van der Waals surface area contributed by atoms with Crippen LogP contribution in [-0.4, -0.2) is 34.9 Å². The summed E-state index contributed by atoms with van der Waals surface area (Å²) < 4.78 is 0. The molecule has 0 aliphatic heterocycles. The van der Waals surface area contributed by atoms with Crippen molar-refractivity contribution < 1.29 is 14.5 Å². The topological polar surface area (TPSA) is 127 Å². The molecule has 1 atom stereocenters. The number of amides is 2. The molecule has 0 radical (unpaired) electrons. The summed E-state index contributed by atoms with van der Waals surface area (Å²) >= 11 is 0. The summed E-state index contributed by atoms with van der Waals surface area (Å²) in [5.41, 5.74) is 5.37. The molecular formula is C16H22N4O4. The zero-order chi connectivity index (χ0) is 17.7. The minimum atomic E-state index is -0.763. The molecule has 2 rings (SSSR count). The zero-order valence-electron chi connectivity index (χ0n) is 13.6. The van der Waals surface area contributed by atoms with Gasteiger partial charge in [0.05, 0.1) is 10.5 Å². The first kappa shape index (κ1) is 17.9. The molecule has 0 saturated heterocycles. The zero-order valence-corrected chi connectivity index (χ0v) is 13.6. The van der Waals surface area contributed by atoms with Crippen molar-refractivity contribution in [2.45, 2.75) is 44.2 Å². The summed E-state index contributed by atoms with van der Waals surface area (Å²) in [6.45, 7) is 1.94. The molecule has 24 heavy (non-hydrogen) atoms. The first-order valence-electron chi connectivity index (χ1n) is 7.94. The van der Waals surface area contributed by atoms with Crippen LogP contribution in [0.15, 0.2) is 24.3 Å². The van der Waals surface area contributed by atoms with Gasteiger partial charge in [-0.05, 0) is 25.8 Å². The van der Waals surface area contributed by atoms with Gasteiger partial charge in [-0.1, -0.05) is 18.9 Å². The smallest absolute Gasteiger partial charge is 0.270 e. The van der Waals surface area contributed by atoms with E-state index in [9.17, 15) is 19.7 Å². The standard InChI is InChI=1S/C16H22N4O4/c1-11(14(21)19-16(10-17)7-2-3-8-16)18-15(22)12-5-4-6-13(9-12)20(23)24/h4-6,9,11H,2-3,7-8,10,17H2,1H3,(H,18,22)(H,19,21). The number of carbonyl (C=O) groups is 2. The Balaban J connectivity index is 1.99. The van der Waals surface area contributed by atoms with Crippen LogP contribution >= 0.6 is 0 Å². The molecule has 1 unspecified atom stereocenters. The van der Waals surface area contributed by atoms with Crippen LogP contribution in [0.3, 0.4) is 0 Å². The van der Waals surface area contributed by atoms with Gasteiger partial charge < -0.3 is 16.4 Å². The minimum Gasteiger partial charge on any atom is -0.348 e. The van der Waals surface area contributed by atoms with Gasteiger partial charge in [-0.3, -0.25) is 19.7 Å². The van der Waals surface area contributed by atoms with E-state index in [1.54, 1.807) is 6.92 Å². The Labute approximate surface area is 139 Å². The number of rotatable bonds is 6. The van der Waals surface area contributed by atoms with E-state index in [0.717, 1.165) is 25.7 Å². The van der Waals surface area contributed by atoms with Crippen molar-refractivity contribution >= 4 is 17.5 Å². The molecule has 1 aromatic carbocycles. The normalized spacial score (nSPS) is 17.1. The van der Waals surface area contributed by atoms with Crippen molar-refractivity contribution in [2.75, 3.05) is 6.54 Å². The lowest BCUT2D eigenvalue weighted by molar-refractivity contribution is -0.384. The van der Waals surface area contributed by atoms with Gasteiger partial charge in [0.1, 0.15) is 6.04 Å². The molecule has 130 valence electrons. The summed E-state index contributed by atoms with van der Waals surface area (Å²) in [6.07, 6.45) is 3.71. The number of hydrogen-bond acceptors (Lipinski definition) is 5. The van der Waals surface area contributed by atoms with Crippen LogP contribution < -0.4 is 16.4 Å². The molecule has 0 bridgehead atoms. The van der Waals surface area contributed by atoms with E-state index in [1.807, 2.05) is 0 Å². The number of non-ortho nitro benzene ring substituents is 1. The minimum absolute atomic E-state index is 0.137. The highest BCUT2D eigenvalue weighted by Gasteiger charge is 2.35. The second-order valence-corrected chi connectivity index (χ2v) is 6.18. The molecule has 1 saturated carbocycles. The molecule has 0 heterocycles. The first-order chi connectivity index (χ1) is 11.4. The molecule has 2 amide bonds. The van der Waals surface area contributed by atoms with Crippen LogP contribution in [-0.2, 0) is 4.79 Å². The number of nitro groups is 1. The number of nitrogens with one attached hydrogen (secondary N) is 2. The summed E-state index contributed by atoms with van der Waals surface area (Å²) in [4.78, 5) is 34.7. The van der Waals surface area contributed by atoms with E-state index in [-0.39, 0.29) is 22.7 Å². The third-order valence-corrected chi connectivity index (χ3v) is 4.40. The van der Waals surface area contributed by atoms with Gasteiger partial charge in [0.15, 0.2) is 0 Å². The monoisotopic (exact) mass is 334 g/mol. The van der Waals surface area contributed by atoms with Gasteiger partial charge in [-0.15, -0.1) is 0 Å². The Morgan fingerprint density at radius 2 is 2.04 bits per heavy atom. The van der Waals surface area contributed by atoms with Gasteiger partial charge in [-0.25, -0.2) is 0 Å². The van der Waals surface area contributed by atoms with Gasteiger partial charge in [0.2, 0.25) is 5.91 Å². The molecule has 4 N–H and O–H groups in total. The Kier molecular flexibility index (Phi) is 5.50. The highest BCUT2D eigenvalue weighted by molar-refractivity contribution is 5.98. The highest BCUT2D eigenvalue weighted by Crippen LogP contribution is 2.28. The lowest BCUT2D eigenvalue weighted by Crippen LogP contribution is -2.56. The third kappa shape index (κ3) is 4.08. The van der Waals surface area contributed by atoms with Crippen LogP contribution in [0.1, 0.15) is 43.0 Å². The molecule has 1 aliphatic rings. The number of carbonyl (C=O) groups excluding carboxylic acids is 2. The third-order valence-electron chi connectivity index (χ3n) is 4.40.